The van der Waals surface area contributed by atoms with Crippen molar-refractivity contribution in [2.75, 3.05) is 6.54 Å². The molecule has 5 amide bonds. The van der Waals surface area contributed by atoms with Crippen molar-refractivity contribution in [2.45, 2.75) is 76.5 Å². The van der Waals surface area contributed by atoms with Crippen LogP contribution in [-0.4, -0.2) is 76.2 Å². The molecule has 0 bridgehead atoms. The van der Waals surface area contributed by atoms with Gasteiger partial charge in [-0.15, -0.1) is 0 Å². The van der Waals surface area contributed by atoms with Crippen molar-refractivity contribution < 1.29 is 33.9 Å². The highest BCUT2D eigenvalue weighted by atomic mass is 16.4. The van der Waals surface area contributed by atoms with E-state index in [1.807, 2.05) is 13.8 Å². The first-order valence-corrected chi connectivity index (χ1v) is 10.8. The van der Waals surface area contributed by atoms with Crippen molar-refractivity contribution in [2.24, 2.45) is 23.1 Å². The molecule has 1 fully saturated rings. The number of hydrogen-bond acceptors (Lipinski definition) is 7. The van der Waals surface area contributed by atoms with Crippen LogP contribution in [0.25, 0.3) is 0 Å². The van der Waals surface area contributed by atoms with Crippen LogP contribution in [0.3, 0.4) is 0 Å². The molecule has 1 heterocycles. The number of nitrogens with zero attached hydrogens (tertiary/aromatic N) is 1. The smallest absolute Gasteiger partial charge is 0.326 e. The second kappa shape index (κ2) is 12.7. The van der Waals surface area contributed by atoms with Crippen LogP contribution in [-0.2, 0) is 28.8 Å². The van der Waals surface area contributed by atoms with Crippen LogP contribution in [0.15, 0.2) is 0 Å². The molecule has 0 radical (unpaired) electrons. The minimum Gasteiger partial charge on any atom is -0.480 e. The maximum absolute atomic E-state index is 12.9. The zero-order chi connectivity index (χ0) is 25.3. The second-order valence-corrected chi connectivity index (χ2v) is 8.56. The van der Waals surface area contributed by atoms with Crippen LogP contribution in [0.4, 0.5) is 0 Å². The van der Waals surface area contributed by atoms with E-state index in [2.05, 4.69) is 10.6 Å². The van der Waals surface area contributed by atoms with Gasteiger partial charge in [0, 0.05) is 13.0 Å². The van der Waals surface area contributed by atoms with Gasteiger partial charge in [0.15, 0.2) is 0 Å². The monoisotopic (exact) mass is 470 g/mol. The molecule has 0 aromatic heterocycles. The summed E-state index contributed by atoms with van der Waals surface area (Å²) in [5.74, 6) is -4.92. The molecule has 4 atom stereocenters. The Hall–Kier alpha value is -3.22. The highest BCUT2D eigenvalue weighted by molar-refractivity contribution is 5.96. The first-order valence-electron chi connectivity index (χ1n) is 10.8. The van der Waals surface area contributed by atoms with Crippen LogP contribution in [0.5, 0.6) is 0 Å². The molecule has 9 N–H and O–H groups in total. The first kappa shape index (κ1) is 27.8. The molecule has 33 heavy (non-hydrogen) atoms. The van der Waals surface area contributed by atoms with Gasteiger partial charge in [0.25, 0.3) is 0 Å². The van der Waals surface area contributed by atoms with Crippen molar-refractivity contribution >= 4 is 35.5 Å². The zero-order valence-corrected chi connectivity index (χ0v) is 18.9. The van der Waals surface area contributed by atoms with E-state index in [9.17, 15) is 33.9 Å². The van der Waals surface area contributed by atoms with Gasteiger partial charge in [-0.05, 0) is 31.6 Å². The van der Waals surface area contributed by atoms with Crippen molar-refractivity contribution in [3.05, 3.63) is 0 Å². The maximum Gasteiger partial charge on any atom is 0.326 e. The number of rotatable bonds is 13. The number of carbonyl (C=O) groups excluding carboxylic acids is 5. The van der Waals surface area contributed by atoms with Gasteiger partial charge >= 0.3 is 5.97 Å². The van der Waals surface area contributed by atoms with Gasteiger partial charge in [-0.25, -0.2) is 4.79 Å². The van der Waals surface area contributed by atoms with Crippen LogP contribution in [0.2, 0.25) is 0 Å². The second-order valence-electron chi connectivity index (χ2n) is 8.56. The number of likely N-dealkylation sites (tertiary alicyclic amines) is 1. The summed E-state index contributed by atoms with van der Waals surface area (Å²) in [4.78, 5) is 73.3. The number of carboxylic acids is 1. The molecule has 0 aliphatic carbocycles. The zero-order valence-electron chi connectivity index (χ0n) is 18.9. The molecular formula is C20H34N6O7. The Morgan fingerprint density at radius 3 is 2.18 bits per heavy atom. The highest BCUT2D eigenvalue weighted by Gasteiger charge is 2.38. The maximum atomic E-state index is 12.9. The summed E-state index contributed by atoms with van der Waals surface area (Å²) < 4.78 is 0. The van der Waals surface area contributed by atoms with Gasteiger partial charge < -0.3 is 37.8 Å². The number of carboxylic acid groups (broad SMARTS) is 1. The molecule has 1 saturated heterocycles. The first-order chi connectivity index (χ1) is 15.3. The highest BCUT2D eigenvalue weighted by Crippen LogP contribution is 2.20. The molecule has 13 nitrogen and oxygen atoms in total. The van der Waals surface area contributed by atoms with E-state index < -0.39 is 60.2 Å². The Morgan fingerprint density at radius 1 is 1.03 bits per heavy atom. The average Bonchev–Trinajstić information content (AvgIpc) is 3.18. The van der Waals surface area contributed by atoms with Crippen molar-refractivity contribution in [1.29, 1.82) is 0 Å². The van der Waals surface area contributed by atoms with E-state index in [0.717, 1.165) is 0 Å². The van der Waals surface area contributed by atoms with Gasteiger partial charge in [-0.2, -0.15) is 0 Å². The lowest BCUT2D eigenvalue weighted by molar-refractivity contribution is -0.143. The summed E-state index contributed by atoms with van der Waals surface area (Å²) in [5, 5.41) is 13.8. The Balaban J connectivity index is 2.91. The number of nitrogens with one attached hydrogen (secondary N) is 2. The van der Waals surface area contributed by atoms with Crippen molar-refractivity contribution in [1.82, 2.24) is 15.5 Å². The Morgan fingerprint density at radius 2 is 1.67 bits per heavy atom. The fourth-order valence-corrected chi connectivity index (χ4v) is 3.62. The Kier molecular flexibility index (Phi) is 10.7. The molecule has 186 valence electrons. The predicted molar refractivity (Wildman–Crippen MR) is 116 cm³/mol. The molecule has 1 aliphatic heterocycles. The van der Waals surface area contributed by atoms with Gasteiger partial charge in [-0.1, -0.05) is 13.8 Å². The van der Waals surface area contributed by atoms with Crippen LogP contribution in [0.1, 0.15) is 52.4 Å². The third-order valence-corrected chi connectivity index (χ3v) is 5.21. The lowest BCUT2D eigenvalue weighted by atomic mass is 10.0. The molecule has 0 spiro atoms. The van der Waals surface area contributed by atoms with Crippen molar-refractivity contribution in [3.63, 3.8) is 0 Å². The van der Waals surface area contributed by atoms with E-state index in [0.29, 0.717) is 25.8 Å². The van der Waals surface area contributed by atoms with E-state index in [4.69, 9.17) is 17.2 Å². The topological polar surface area (TPSA) is 228 Å². The number of primary amides is 2. The van der Waals surface area contributed by atoms with Gasteiger partial charge in [0.2, 0.25) is 29.5 Å². The minimum absolute atomic E-state index is 0.180. The molecule has 1 aliphatic rings. The Bertz CT molecular complexity index is 772. The molecule has 0 aromatic rings. The van der Waals surface area contributed by atoms with E-state index >= 15 is 0 Å². The molecule has 0 saturated carbocycles. The number of carbonyl (C=O) groups is 6. The van der Waals surface area contributed by atoms with Crippen molar-refractivity contribution in [3.8, 4) is 0 Å². The number of nitrogens with two attached hydrogens (primary N) is 3. The van der Waals surface area contributed by atoms with E-state index in [1.54, 1.807) is 0 Å². The average molecular weight is 471 g/mol. The summed E-state index contributed by atoms with van der Waals surface area (Å²) in [7, 11) is 0. The number of aliphatic carboxylic acids is 1. The molecule has 1 rings (SSSR count). The predicted octanol–water partition coefficient (Wildman–Crippen LogP) is -2.45. The summed E-state index contributed by atoms with van der Waals surface area (Å²) >= 11 is 0. The fraction of sp³-hybridized carbons (Fsp3) is 0.700. The summed E-state index contributed by atoms with van der Waals surface area (Å²) in [5.41, 5.74) is 16.2. The van der Waals surface area contributed by atoms with E-state index in [1.165, 1.54) is 4.90 Å². The van der Waals surface area contributed by atoms with Crippen LogP contribution < -0.4 is 27.8 Å². The fourth-order valence-electron chi connectivity index (χ4n) is 3.62. The largest absolute Gasteiger partial charge is 0.480 e. The van der Waals surface area contributed by atoms with Crippen LogP contribution in [0, 0.1) is 5.92 Å². The Labute approximate surface area is 191 Å². The number of hydrogen-bond donors (Lipinski definition) is 6. The molecule has 0 aromatic carbocycles. The van der Waals surface area contributed by atoms with E-state index in [-0.39, 0.29) is 24.7 Å². The van der Waals surface area contributed by atoms with Gasteiger partial charge in [-0.3, -0.25) is 24.0 Å². The standard InChI is InChI=1S/C20H34N6O7/c1-10(2)8-11(21)19(31)26-7-3-4-14(26)18(30)25-13(9-16(23)28)17(29)24-12(20(32)33)5-6-15(22)27/h10-14H,3-9,21H2,1-2H3,(H2,22,27)(H2,23,28)(H,24,29)(H,25,30)(H,32,33). The lowest BCUT2D eigenvalue weighted by Crippen LogP contribution is -2.57. The quantitative estimate of drug-likeness (QED) is 0.169. The normalized spacial score (nSPS) is 18.3. The molecule has 4 unspecified atom stereocenters. The SMILES string of the molecule is CC(C)CC(N)C(=O)N1CCCC1C(=O)NC(CC(N)=O)C(=O)NC(CCC(N)=O)C(=O)O. The third-order valence-electron chi connectivity index (χ3n) is 5.21. The summed E-state index contributed by atoms with van der Waals surface area (Å²) in [6.07, 6.45) is 0.185. The summed E-state index contributed by atoms with van der Waals surface area (Å²) in [6, 6.07) is -4.59. The third kappa shape index (κ3) is 9.04. The van der Waals surface area contributed by atoms with Gasteiger partial charge in [0.05, 0.1) is 12.5 Å². The lowest BCUT2D eigenvalue weighted by Gasteiger charge is -2.28. The molecule has 13 heteroatoms. The number of amides is 5. The van der Waals surface area contributed by atoms with Gasteiger partial charge in [0.1, 0.15) is 18.1 Å². The molecular weight excluding hydrogens is 436 g/mol. The minimum atomic E-state index is -1.47. The van der Waals surface area contributed by atoms with Crippen LogP contribution >= 0.6 is 0 Å². The summed E-state index contributed by atoms with van der Waals surface area (Å²) in [6.45, 7) is 4.16.